The molecule has 3 heterocycles. The summed E-state index contributed by atoms with van der Waals surface area (Å²) in [5.74, 6) is 0.250. The third-order valence-electron chi connectivity index (χ3n) is 5.16. The number of likely N-dealkylation sites (tertiary alicyclic amines) is 1. The van der Waals surface area contributed by atoms with Crippen molar-refractivity contribution in [2.45, 2.75) is 43.5 Å². The van der Waals surface area contributed by atoms with Crippen molar-refractivity contribution in [3.05, 3.63) is 18.0 Å². The summed E-state index contributed by atoms with van der Waals surface area (Å²) in [7, 11) is -3.56. The van der Waals surface area contributed by atoms with E-state index >= 15 is 0 Å². The highest BCUT2D eigenvalue weighted by Gasteiger charge is 2.32. The van der Waals surface area contributed by atoms with E-state index in [9.17, 15) is 13.2 Å². The Morgan fingerprint density at radius 1 is 1.24 bits per heavy atom. The Bertz CT molecular complexity index is 690. The van der Waals surface area contributed by atoms with Gasteiger partial charge >= 0.3 is 0 Å². The molecule has 1 unspecified atom stereocenters. The number of hydrogen-bond acceptors (Lipinski definition) is 4. The lowest BCUT2D eigenvalue weighted by atomic mass is 9.92. The van der Waals surface area contributed by atoms with Gasteiger partial charge in [-0.3, -0.25) is 4.79 Å². The lowest BCUT2D eigenvalue weighted by Gasteiger charge is -2.32. The van der Waals surface area contributed by atoms with Gasteiger partial charge in [-0.15, -0.1) is 12.4 Å². The van der Waals surface area contributed by atoms with E-state index in [4.69, 9.17) is 5.73 Å². The van der Waals surface area contributed by atoms with Gasteiger partial charge in [0.05, 0.1) is 0 Å². The summed E-state index contributed by atoms with van der Waals surface area (Å²) in [6.45, 7) is 4.41. The van der Waals surface area contributed by atoms with Crippen LogP contribution >= 0.6 is 12.4 Å². The fraction of sp³-hybridized carbons (Fsp3) is 0.688. The standard InChI is InChI=1S/C16H26N4O3S.ClH/c1-12(17)13-4-8-20(9-5-13)24(22,23)14-10-15(18-11-14)16(21)19-6-2-3-7-19;/h10-13,18H,2-9,17H2,1H3;1H. The number of nitrogens with one attached hydrogen (secondary N) is 1. The van der Waals surface area contributed by atoms with Crippen LogP contribution in [0.2, 0.25) is 0 Å². The number of aromatic nitrogens is 1. The zero-order chi connectivity index (χ0) is 17.3. The maximum atomic E-state index is 12.8. The Kier molecular flexibility index (Phi) is 6.53. The highest BCUT2D eigenvalue weighted by molar-refractivity contribution is 7.89. The molecule has 2 fully saturated rings. The van der Waals surface area contributed by atoms with Gasteiger partial charge in [-0.05, 0) is 44.6 Å². The Hall–Kier alpha value is -1.09. The van der Waals surface area contributed by atoms with E-state index < -0.39 is 10.0 Å². The SMILES string of the molecule is CC(N)C1CCN(S(=O)(=O)c2c[nH]c(C(=O)N3CCCC3)c2)CC1.Cl. The number of H-pyrrole nitrogens is 1. The molecule has 25 heavy (non-hydrogen) atoms. The first kappa shape index (κ1) is 20.2. The Morgan fingerprint density at radius 2 is 1.84 bits per heavy atom. The molecule has 1 amide bonds. The predicted molar refractivity (Wildman–Crippen MR) is 98.3 cm³/mol. The number of nitrogens with two attached hydrogens (primary N) is 1. The van der Waals surface area contributed by atoms with E-state index in [-0.39, 0.29) is 29.3 Å². The number of piperidine rings is 1. The monoisotopic (exact) mass is 390 g/mol. The van der Waals surface area contributed by atoms with Crippen LogP contribution in [-0.2, 0) is 10.0 Å². The molecule has 142 valence electrons. The molecule has 3 N–H and O–H groups in total. The molecule has 0 spiro atoms. The molecule has 0 bridgehead atoms. The quantitative estimate of drug-likeness (QED) is 0.811. The molecule has 0 aromatic carbocycles. The fourth-order valence-corrected chi connectivity index (χ4v) is 4.99. The first-order chi connectivity index (χ1) is 11.4. The number of halogens is 1. The van der Waals surface area contributed by atoms with Crippen molar-refractivity contribution >= 4 is 28.3 Å². The van der Waals surface area contributed by atoms with Crippen molar-refractivity contribution in [2.24, 2.45) is 11.7 Å². The number of nitrogens with zero attached hydrogens (tertiary/aromatic N) is 2. The first-order valence-electron chi connectivity index (χ1n) is 8.63. The molecule has 1 aromatic heterocycles. The van der Waals surface area contributed by atoms with Gasteiger partial charge in [0.25, 0.3) is 5.91 Å². The average Bonchev–Trinajstić information content (AvgIpc) is 3.26. The van der Waals surface area contributed by atoms with Crippen molar-refractivity contribution in [1.29, 1.82) is 0 Å². The Labute approximate surface area is 155 Å². The maximum absolute atomic E-state index is 12.8. The van der Waals surface area contributed by atoms with E-state index in [0.29, 0.717) is 24.7 Å². The van der Waals surface area contributed by atoms with E-state index in [0.717, 1.165) is 38.8 Å². The zero-order valence-corrected chi connectivity index (χ0v) is 16.1. The van der Waals surface area contributed by atoms with Gasteiger partial charge in [-0.1, -0.05) is 0 Å². The van der Waals surface area contributed by atoms with Crippen LogP contribution in [0.15, 0.2) is 17.2 Å². The van der Waals surface area contributed by atoms with Crippen molar-refractivity contribution in [1.82, 2.24) is 14.2 Å². The maximum Gasteiger partial charge on any atom is 0.270 e. The van der Waals surface area contributed by atoms with Crippen molar-refractivity contribution < 1.29 is 13.2 Å². The number of amides is 1. The van der Waals surface area contributed by atoms with Crippen LogP contribution in [0.25, 0.3) is 0 Å². The van der Waals surface area contributed by atoms with Crippen LogP contribution in [-0.4, -0.2) is 60.7 Å². The van der Waals surface area contributed by atoms with E-state index in [1.807, 2.05) is 6.92 Å². The van der Waals surface area contributed by atoms with Gasteiger partial charge in [-0.25, -0.2) is 8.42 Å². The minimum Gasteiger partial charge on any atom is -0.356 e. The number of rotatable bonds is 4. The highest BCUT2D eigenvalue weighted by atomic mass is 35.5. The van der Waals surface area contributed by atoms with E-state index in [1.54, 1.807) is 4.90 Å². The number of aromatic amines is 1. The topological polar surface area (TPSA) is 99.5 Å². The summed E-state index contributed by atoms with van der Waals surface area (Å²) >= 11 is 0. The molecule has 0 aliphatic carbocycles. The van der Waals surface area contributed by atoms with Crippen LogP contribution in [0.3, 0.4) is 0 Å². The van der Waals surface area contributed by atoms with Gasteiger partial charge < -0.3 is 15.6 Å². The van der Waals surface area contributed by atoms with Crippen LogP contribution in [0.4, 0.5) is 0 Å². The summed E-state index contributed by atoms with van der Waals surface area (Å²) in [5.41, 5.74) is 6.26. The largest absolute Gasteiger partial charge is 0.356 e. The molecular weight excluding hydrogens is 364 g/mol. The van der Waals surface area contributed by atoms with Crippen LogP contribution < -0.4 is 5.73 Å². The van der Waals surface area contributed by atoms with E-state index in [2.05, 4.69) is 4.98 Å². The molecular formula is C16H27ClN4O3S. The van der Waals surface area contributed by atoms with Gasteiger partial charge in [0.15, 0.2) is 0 Å². The molecule has 2 saturated heterocycles. The number of carbonyl (C=O) groups excluding carboxylic acids is 1. The van der Waals surface area contributed by atoms with Crippen molar-refractivity contribution in [2.75, 3.05) is 26.2 Å². The Morgan fingerprint density at radius 3 is 2.40 bits per heavy atom. The smallest absolute Gasteiger partial charge is 0.270 e. The molecule has 1 aromatic rings. The summed E-state index contributed by atoms with van der Waals surface area (Å²) in [6.07, 6.45) is 5.00. The lowest BCUT2D eigenvalue weighted by molar-refractivity contribution is 0.0787. The van der Waals surface area contributed by atoms with Gasteiger partial charge in [0.2, 0.25) is 10.0 Å². The van der Waals surface area contributed by atoms with Crippen LogP contribution in [0.1, 0.15) is 43.1 Å². The van der Waals surface area contributed by atoms with Gasteiger partial charge in [-0.2, -0.15) is 4.31 Å². The molecule has 7 nitrogen and oxygen atoms in total. The highest BCUT2D eigenvalue weighted by Crippen LogP contribution is 2.26. The molecule has 2 aliphatic heterocycles. The molecule has 0 radical (unpaired) electrons. The second-order valence-electron chi connectivity index (χ2n) is 6.85. The van der Waals surface area contributed by atoms with Crippen molar-refractivity contribution in [3.63, 3.8) is 0 Å². The fourth-order valence-electron chi connectivity index (χ4n) is 3.53. The predicted octanol–water partition coefficient (Wildman–Crippen LogP) is 1.42. The summed E-state index contributed by atoms with van der Waals surface area (Å²) < 4.78 is 27.0. The normalized spacial score (nSPS) is 21.1. The number of carbonyl (C=O) groups is 1. The Balaban J connectivity index is 0.00000225. The van der Waals surface area contributed by atoms with E-state index in [1.165, 1.54) is 16.6 Å². The number of hydrogen-bond donors (Lipinski definition) is 2. The second kappa shape index (κ2) is 8.07. The molecule has 2 aliphatic rings. The van der Waals surface area contributed by atoms with Gasteiger partial charge in [0, 0.05) is 38.4 Å². The summed E-state index contributed by atoms with van der Waals surface area (Å²) in [5, 5.41) is 0. The summed E-state index contributed by atoms with van der Waals surface area (Å²) in [6, 6.07) is 1.56. The molecule has 0 saturated carbocycles. The zero-order valence-electron chi connectivity index (χ0n) is 14.5. The molecule has 3 rings (SSSR count). The van der Waals surface area contributed by atoms with Crippen LogP contribution in [0, 0.1) is 5.92 Å². The molecule has 9 heteroatoms. The van der Waals surface area contributed by atoms with Crippen molar-refractivity contribution in [3.8, 4) is 0 Å². The average molecular weight is 391 g/mol. The van der Waals surface area contributed by atoms with Gasteiger partial charge in [0.1, 0.15) is 10.6 Å². The molecule has 1 atom stereocenters. The third kappa shape index (κ3) is 4.19. The third-order valence-corrected chi connectivity index (χ3v) is 7.04. The number of sulfonamides is 1. The minimum atomic E-state index is -3.56. The first-order valence-corrected chi connectivity index (χ1v) is 10.1. The summed E-state index contributed by atoms with van der Waals surface area (Å²) in [4.78, 5) is 17.1. The second-order valence-corrected chi connectivity index (χ2v) is 8.79. The minimum absolute atomic E-state index is 0. The van der Waals surface area contributed by atoms with Crippen LogP contribution in [0.5, 0.6) is 0 Å². The lowest BCUT2D eigenvalue weighted by Crippen LogP contribution is -2.42.